The maximum atomic E-state index is 13.9. The largest absolute Gasteiger partial charge is 0.320 e. The summed E-state index contributed by atoms with van der Waals surface area (Å²) in [7, 11) is 0. The summed E-state index contributed by atoms with van der Waals surface area (Å²) >= 11 is 5.78. The topological polar surface area (TPSA) is 26.0 Å². The molecule has 1 nitrogen and oxygen atoms in total. The Morgan fingerprint density at radius 2 is 1.72 bits per heavy atom. The third-order valence-electron chi connectivity index (χ3n) is 2.92. The maximum absolute atomic E-state index is 13.9. The number of nitrogens with two attached hydrogens (primary N) is 1. The first-order valence-corrected chi connectivity index (χ1v) is 6.14. The van der Waals surface area contributed by atoms with E-state index in [2.05, 4.69) is 6.07 Å². The van der Waals surface area contributed by atoms with Crippen LogP contribution in [0.5, 0.6) is 0 Å². The molecule has 0 aromatic heterocycles. The highest BCUT2D eigenvalue weighted by molar-refractivity contribution is 6.30. The number of hydrogen-bond acceptors (Lipinski definition) is 1. The summed E-state index contributed by atoms with van der Waals surface area (Å²) in [4.78, 5) is 0. The Balaban J connectivity index is 2.47. The summed E-state index contributed by atoms with van der Waals surface area (Å²) in [5.41, 5.74) is 9.67. The average molecular weight is 264 g/mol. The molecule has 0 saturated heterocycles. The molecular weight excluding hydrogens is 249 g/mol. The van der Waals surface area contributed by atoms with Crippen molar-refractivity contribution in [3.8, 4) is 0 Å². The summed E-state index contributed by atoms with van der Waals surface area (Å²) in [5.74, 6) is -0.439. The van der Waals surface area contributed by atoms with Gasteiger partial charge in [0.25, 0.3) is 0 Å². The Morgan fingerprint density at radius 3 is 2.33 bits per heavy atom. The molecule has 0 aliphatic rings. The van der Waals surface area contributed by atoms with Crippen LogP contribution in [0.15, 0.2) is 36.4 Å². The van der Waals surface area contributed by atoms with E-state index in [4.69, 9.17) is 17.3 Å². The normalized spacial score (nSPS) is 12.5. The summed E-state index contributed by atoms with van der Waals surface area (Å²) in [6.45, 7) is 4.00. The van der Waals surface area contributed by atoms with Crippen LogP contribution in [0.4, 0.5) is 4.39 Å². The smallest absolute Gasteiger partial charge is 0.146 e. The molecule has 2 aromatic rings. The highest BCUT2D eigenvalue weighted by Crippen LogP contribution is 2.27. The quantitative estimate of drug-likeness (QED) is 0.866. The van der Waals surface area contributed by atoms with Crippen LogP contribution in [0.2, 0.25) is 5.02 Å². The van der Waals surface area contributed by atoms with Gasteiger partial charge in [0.1, 0.15) is 5.82 Å². The number of hydrogen-bond donors (Lipinski definition) is 1. The van der Waals surface area contributed by atoms with Crippen molar-refractivity contribution in [1.82, 2.24) is 0 Å². The van der Waals surface area contributed by atoms with Crippen LogP contribution < -0.4 is 5.73 Å². The Kier molecular flexibility index (Phi) is 3.69. The zero-order valence-electron chi connectivity index (χ0n) is 10.4. The van der Waals surface area contributed by atoms with Gasteiger partial charge in [-0.15, -0.1) is 0 Å². The fourth-order valence-electron chi connectivity index (χ4n) is 2.13. The molecule has 0 heterocycles. The Hall–Kier alpha value is -1.38. The van der Waals surface area contributed by atoms with E-state index in [0.29, 0.717) is 5.56 Å². The van der Waals surface area contributed by atoms with Crippen molar-refractivity contribution < 1.29 is 4.39 Å². The fourth-order valence-corrected chi connectivity index (χ4v) is 2.31. The van der Waals surface area contributed by atoms with Crippen LogP contribution in [0, 0.1) is 19.7 Å². The van der Waals surface area contributed by atoms with Crippen molar-refractivity contribution in [3.05, 3.63) is 69.5 Å². The van der Waals surface area contributed by atoms with Crippen LogP contribution in [0.25, 0.3) is 0 Å². The predicted octanol–water partition coefficient (Wildman–Crippen LogP) is 4.14. The molecule has 18 heavy (non-hydrogen) atoms. The molecule has 1 unspecified atom stereocenters. The van der Waals surface area contributed by atoms with E-state index in [1.807, 2.05) is 26.0 Å². The molecule has 1 atom stereocenters. The molecule has 0 aliphatic heterocycles. The zero-order chi connectivity index (χ0) is 13.3. The van der Waals surface area contributed by atoms with Gasteiger partial charge in [0.2, 0.25) is 0 Å². The zero-order valence-corrected chi connectivity index (χ0v) is 11.1. The monoisotopic (exact) mass is 263 g/mol. The lowest BCUT2D eigenvalue weighted by Crippen LogP contribution is -2.14. The molecule has 3 heteroatoms. The Morgan fingerprint density at radius 1 is 1.11 bits per heavy atom. The number of halogens is 2. The first-order chi connectivity index (χ1) is 8.49. The maximum Gasteiger partial charge on any atom is 0.146 e. The van der Waals surface area contributed by atoms with Crippen LogP contribution >= 0.6 is 11.6 Å². The summed E-state index contributed by atoms with van der Waals surface area (Å²) in [6.07, 6.45) is 0. The highest BCUT2D eigenvalue weighted by Gasteiger charge is 2.15. The number of rotatable bonds is 2. The predicted molar refractivity (Wildman–Crippen MR) is 73.4 cm³/mol. The highest BCUT2D eigenvalue weighted by atomic mass is 35.5. The van der Waals surface area contributed by atoms with Gasteiger partial charge in [0, 0.05) is 5.56 Å². The second-order valence-electron chi connectivity index (χ2n) is 4.54. The van der Waals surface area contributed by atoms with Gasteiger partial charge in [-0.25, -0.2) is 4.39 Å². The first kappa shape index (κ1) is 13.1. The lowest BCUT2D eigenvalue weighted by Gasteiger charge is -2.15. The Labute approximate surface area is 111 Å². The molecule has 0 aliphatic carbocycles. The van der Waals surface area contributed by atoms with E-state index in [1.54, 1.807) is 12.1 Å². The summed E-state index contributed by atoms with van der Waals surface area (Å²) in [5, 5.41) is 0.104. The van der Waals surface area contributed by atoms with E-state index in [9.17, 15) is 4.39 Å². The van der Waals surface area contributed by atoms with E-state index in [-0.39, 0.29) is 5.02 Å². The number of aryl methyl sites for hydroxylation is 2. The molecule has 0 spiro atoms. The fraction of sp³-hybridized carbons (Fsp3) is 0.200. The third-order valence-corrected chi connectivity index (χ3v) is 3.21. The molecule has 2 rings (SSSR count). The van der Waals surface area contributed by atoms with E-state index >= 15 is 0 Å². The van der Waals surface area contributed by atoms with Gasteiger partial charge in [0.15, 0.2) is 0 Å². The second-order valence-corrected chi connectivity index (χ2v) is 4.95. The standard InChI is InChI=1S/C15H15ClFN/c1-9-6-10(2)8-11(7-9)15(18)12-4-3-5-13(16)14(12)17/h3-8,15H,18H2,1-2H3. The van der Waals surface area contributed by atoms with Gasteiger partial charge < -0.3 is 5.73 Å². The van der Waals surface area contributed by atoms with E-state index in [1.165, 1.54) is 6.07 Å². The minimum atomic E-state index is -0.498. The van der Waals surface area contributed by atoms with Crippen LogP contribution in [0.1, 0.15) is 28.3 Å². The molecule has 0 fully saturated rings. The SMILES string of the molecule is Cc1cc(C)cc(C(N)c2cccc(Cl)c2F)c1. The van der Waals surface area contributed by atoms with Gasteiger partial charge in [0.05, 0.1) is 11.1 Å². The van der Waals surface area contributed by atoms with E-state index < -0.39 is 11.9 Å². The van der Waals surface area contributed by atoms with Crippen molar-refractivity contribution in [2.24, 2.45) is 5.73 Å². The van der Waals surface area contributed by atoms with Crippen molar-refractivity contribution in [3.63, 3.8) is 0 Å². The second kappa shape index (κ2) is 5.09. The van der Waals surface area contributed by atoms with Crippen LogP contribution in [-0.4, -0.2) is 0 Å². The number of benzene rings is 2. The molecule has 94 valence electrons. The van der Waals surface area contributed by atoms with Crippen molar-refractivity contribution in [2.45, 2.75) is 19.9 Å². The van der Waals surface area contributed by atoms with Crippen molar-refractivity contribution in [1.29, 1.82) is 0 Å². The van der Waals surface area contributed by atoms with E-state index in [0.717, 1.165) is 16.7 Å². The molecule has 2 aromatic carbocycles. The lowest BCUT2D eigenvalue weighted by atomic mass is 9.96. The Bertz CT molecular complexity index is 560. The van der Waals surface area contributed by atoms with Gasteiger partial charge >= 0.3 is 0 Å². The first-order valence-electron chi connectivity index (χ1n) is 5.76. The third kappa shape index (κ3) is 2.55. The van der Waals surface area contributed by atoms with Gasteiger partial charge in [-0.05, 0) is 25.5 Å². The van der Waals surface area contributed by atoms with Crippen molar-refractivity contribution >= 4 is 11.6 Å². The van der Waals surface area contributed by atoms with Crippen LogP contribution in [0.3, 0.4) is 0 Å². The van der Waals surface area contributed by atoms with Crippen molar-refractivity contribution in [2.75, 3.05) is 0 Å². The van der Waals surface area contributed by atoms with Gasteiger partial charge in [-0.1, -0.05) is 53.1 Å². The molecule has 0 saturated carbocycles. The summed E-state index contributed by atoms with van der Waals surface area (Å²) < 4.78 is 13.9. The van der Waals surface area contributed by atoms with Gasteiger partial charge in [-0.3, -0.25) is 0 Å². The van der Waals surface area contributed by atoms with Crippen LogP contribution in [-0.2, 0) is 0 Å². The molecular formula is C15H15ClFN. The molecule has 0 amide bonds. The lowest BCUT2D eigenvalue weighted by molar-refractivity contribution is 0.600. The average Bonchev–Trinajstić information content (AvgIpc) is 2.30. The molecule has 0 radical (unpaired) electrons. The summed E-state index contributed by atoms with van der Waals surface area (Å²) in [6, 6.07) is 10.4. The molecule has 2 N–H and O–H groups in total. The molecule has 0 bridgehead atoms. The minimum Gasteiger partial charge on any atom is -0.320 e. The van der Waals surface area contributed by atoms with Gasteiger partial charge in [-0.2, -0.15) is 0 Å². The minimum absolute atomic E-state index is 0.104.